The summed E-state index contributed by atoms with van der Waals surface area (Å²) in [6.07, 6.45) is 2.99. The van der Waals surface area contributed by atoms with E-state index in [2.05, 4.69) is 0 Å². The Bertz CT molecular complexity index is 539. The highest BCUT2D eigenvalue weighted by atomic mass is 127. The van der Waals surface area contributed by atoms with Crippen LogP contribution in [0.4, 0.5) is 4.79 Å². The third-order valence-corrected chi connectivity index (χ3v) is 4.56. The van der Waals surface area contributed by atoms with E-state index in [9.17, 15) is 13.2 Å². The molecular weight excluding hydrogens is 341 g/mol. The van der Waals surface area contributed by atoms with Gasteiger partial charge in [-0.3, -0.25) is 4.79 Å². The Morgan fingerprint density at radius 1 is 1.25 bits per heavy atom. The van der Waals surface area contributed by atoms with Crippen molar-refractivity contribution in [2.45, 2.75) is 24.2 Å². The Hall–Kier alpha value is -0.630. The fourth-order valence-corrected chi connectivity index (χ4v) is 3.62. The predicted octanol–water partition coefficient (Wildman–Crippen LogP) is 2.01. The number of carbonyl (C=O) groups is 1. The molecule has 2 rings (SSSR count). The number of aryl methyl sites for hydroxylation is 2. The second kappa shape index (κ2) is 4.33. The predicted molar refractivity (Wildman–Crippen MR) is 68.2 cm³/mol. The molecule has 0 aromatic heterocycles. The number of hydrogen-bond donors (Lipinski definition) is 1. The fraction of sp³-hybridized carbons (Fsp3) is 0.300. The maximum Gasteiger partial charge on any atom is 0.294 e. The number of benzene rings is 1. The van der Waals surface area contributed by atoms with E-state index in [0.717, 1.165) is 24.8 Å². The van der Waals surface area contributed by atoms with Crippen molar-refractivity contribution in [1.82, 2.24) is 4.72 Å². The van der Waals surface area contributed by atoms with Gasteiger partial charge in [-0.05, 0) is 42.5 Å². The zero-order valence-corrected chi connectivity index (χ0v) is 11.3. The van der Waals surface area contributed by atoms with Gasteiger partial charge in [0.15, 0.2) is 0 Å². The number of hydrogen-bond acceptors (Lipinski definition) is 3. The maximum absolute atomic E-state index is 11.7. The first-order chi connectivity index (χ1) is 7.49. The molecule has 0 aliphatic heterocycles. The first-order valence-electron chi connectivity index (χ1n) is 4.83. The molecule has 0 unspecified atom stereocenters. The number of sulfonamides is 1. The fourth-order valence-electron chi connectivity index (χ4n) is 1.88. The third kappa shape index (κ3) is 2.37. The molecule has 6 heteroatoms. The summed E-state index contributed by atoms with van der Waals surface area (Å²) < 4.78 is 24.8. The van der Waals surface area contributed by atoms with Crippen LogP contribution in [0.2, 0.25) is 0 Å². The van der Waals surface area contributed by atoms with Crippen molar-refractivity contribution >= 4 is 36.5 Å². The molecule has 86 valence electrons. The summed E-state index contributed by atoms with van der Waals surface area (Å²) in [6, 6.07) is 5.03. The molecule has 1 aromatic carbocycles. The van der Waals surface area contributed by atoms with Crippen molar-refractivity contribution in [3.05, 3.63) is 29.3 Å². The van der Waals surface area contributed by atoms with Gasteiger partial charge >= 0.3 is 0 Å². The minimum absolute atomic E-state index is 0.165. The largest absolute Gasteiger partial charge is 0.294 e. The highest BCUT2D eigenvalue weighted by Gasteiger charge is 2.19. The lowest BCUT2D eigenvalue weighted by Gasteiger charge is -2.06. The molecule has 0 fully saturated rings. The monoisotopic (exact) mass is 351 g/mol. The van der Waals surface area contributed by atoms with Gasteiger partial charge in [0.1, 0.15) is 0 Å². The SMILES string of the molecule is O=C(I)NS(=O)(=O)c1ccc2c(c1)CCC2. The highest BCUT2D eigenvalue weighted by Crippen LogP contribution is 2.24. The Morgan fingerprint density at radius 2 is 1.94 bits per heavy atom. The van der Waals surface area contributed by atoms with E-state index < -0.39 is 13.9 Å². The van der Waals surface area contributed by atoms with Crippen LogP contribution in [0.5, 0.6) is 0 Å². The van der Waals surface area contributed by atoms with E-state index in [1.165, 1.54) is 28.2 Å². The van der Waals surface area contributed by atoms with Gasteiger partial charge < -0.3 is 0 Å². The summed E-state index contributed by atoms with van der Waals surface area (Å²) in [6.45, 7) is 0. The van der Waals surface area contributed by atoms with Gasteiger partial charge in [0.2, 0.25) is 0 Å². The smallest absolute Gasteiger partial charge is 0.262 e. The van der Waals surface area contributed by atoms with E-state index in [4.69, 9.17) is 0 Å². The molecule has 1 aromatic rings. The number of fused-ring (bicyclic) bond motifs is 1. The zero-order chi connectivity index (χ0) is 11.8. The average Bonchev–Trinajstić information content (AvgIpc) is 2.61. The molecule has 0 bridgehead atoms. The van der Waals surface area contributed by atoms with E-state index >= 15 is 0 Å². The van der Waals surface area contributed by atoms with Gasteiger partial charge in [-0.1, -0.05) is 6.07 Å². The van der Waals surface area contributed by atoms with Crippen molar-refractivity contribution in [3.8, 4) is 0 Å². The normalized spacial score (nSPS) is 14.6. The van der Waals surface area contributed by atoms with Crippen LogP contribution in [0.25, 0.3) is 0 Å². The quantitative estimate of drug-likeness (QED) is 0.504. The van der Waals surface area contributed by atoms with Crippen LogP contribution < -0.4 is 4.72 Å². The molecule has 4 nitrogen and oxygen atoms in total. The average molecular weight is 351 g/mol. The lowest BCUT2D eigenvalue weighted by atomic mass is 10.1. The van der Waals surface area contributed by atoms with Gasteiger partial charge in [-0.15, -0.1) is 0 Å². The van der Waals surface area contributed by atoms with Gasteiger partial charge in [-0.25, -0.2) is 13.1 Å². The summed E-state index contributed by atoms with van der Waals surface area (Å²) in [5.74, 6) is 0. The molecule has 1 aliphatic rings. The number of rotatable bonds is 2. The Kier molecular flexibility index (Phi) is 3.20. The number of halogens is 1. The van der Waals surface area contributed by atoms with Crippen molar-refractivity contribution in [1.29, 1.82) is 0 Å². The molecule has 1 amide bonds. The Balaban J connectivity index is 2.38. The second-order valence-electron chi connectivity index (χ2n) is 3.66. The minimum Gasteiger partial charge on any atom is -0.262 e. The Labute approximate surface area is 108 Å². The van der Waals surface area contributed by atoms with Crippen molar-refractivity contribution < 1.29 is 13.2 Å². The molecule has 0 saturated carbocycles. The molecule has 0 saturated heterocycles. The molecular formula is C10H10INO3S. The van der Waals surface area contributed by atoms with Crippen LogP contribution in [-0.4, -0.2) is 12.3 Å². The standard InChI is InChI=1S/C10H10INO3S/c11-10(13)12-16(14,15)9-5-4-7-2-1-3-8(7)6-9/h4-6H,1-3H2,(H,12,13). The summed E-state index contributed by atoms with van der Waals surface area (Å²) in [5.41, 5.74) is 2.28. The first-order valence-corrected chi connectivity index (χ1v) is 7.39. The zero-order valence-electron chi connectivity index (χ0n) is 8.36. The van der Waals surface area contributed by atoms with Crippen molar-refractivity contribution in [3.63, 3.8) is 0 Å². The van der Waals surface area contributed by atoms with E-state index in [1.807, 2.05) is 10.8 Å². The van der Waals surface area contributed by atoms with Crippen LogP contribution in [0.3, 0.4) is 0 Å². The van der Waals surface area contributed by atoms with Crippen LogP contribution >= 0.6 is 22.6 Å². The number of amides is 1. The minimum atomic E-state index is -3.69. The van der Waals surface area contributed by atoms with Crippen LogP contribution in [-0.2, 0) is 22.9 Å². The Morgan fingerprint density at radius 3 is 2.62 bits per heavy atom. The van der Waals surface area contributed by atoms with Gasteiger partial charge in [0, 0.05) is 22.6 Å². The van der Waals surface area contributed by atoms with Gasteiger partial charge in [-0.2, -0.15) is 0 Å². The van der Waals surface area contributed by atoms with Crippen LogP contribution in [0.1, 0.15) is 17.5 Å². The summed E-state index contributed by atoms with van der Waals surface area (Å²) in [5, 5.41) is 0. The van der Waals surface area contributed by atoms with E-state index in [0.29, 0.717) is 0 Å². The molecule has 16 heavy (non-hydrogen) atoms. The highest BCUT2D eigenvalue weighted by molar-refractivity contribution is 14.1. The lowest BCUT2D eigenvalue weighted by molar-refractivity contribution is 0.267. The molecule has 1 aliphatic carbocycles. The molecule has 0 heterocycles. The summed E-state index contributed by atoms with van der Waals surface area (Å²) in [4.78, 5) is 10.9. The van der Waals surface area contributed by atoms with E-state index in [1.54, 1.807) is 12.1 Å². The van der Waals surface area contributed by atoms with Crippen LogP contribution in [0.15, 0.2) is 23.1 Å². The third-order valence-electron chi connectivity index (χ3n) is 2.59. The summed E-state index contributed by atoms with van der Waals surface area (Å²) in [7, 11) is -3.69. The number of nitrogens with one attached hydrogen (secondary N) is 1. The van der Waals surface area contributed by atoms with Crippen LogP contribution in [0, 0.1) is 0 Å². The summed E-state index contributed by atoms with van der Waals surface area (Å²) >= 11 is 1.40. The lowest BCUT2D eigenvalue weighted by Crippen LogP contribution is -2.25. The number of carbonyl (C=O) groups excluding carboxylic acids is 1. The topological polar surface area (TPSA) is 63.2 Å². The molecule has 0 spiro atoms. The molecule has 0 radical (unpaired) electrons. The maximum atomic E-state index is 11.7. The molecule has 0 atom stereocenters. The van der Waals surface area contributed by atoms with E-state index in [-0.39, 0.29) is 4.90 Å². The van der Waals surface area contributed by atoms with Crippen molar-refractivity contribution in [2.75, 3.05) is 0 Å². The van der Waals surface area contributed by atoms with Crippen molar-refractivity contribution in [2.24, 2.45) is 0 Å². The van der Waals surface area contributed by atoms with Gasteiger partial charge in [0.05, 0.1) is 4.90 Å². The second-order valence-corrected chi connectivity index (χ2v) is 6.33. The molecule has 1 N–H and O–H groups in total. The van der Waals surface area contributed by atoms with Gasteiger partial charge in [0.25, 0.3) is 13.9 Å². The first kappa shape index (κ1) is 11.8.